The van der Waals surface area contributed by atoms with Crippen LogP contribution in [0, 0.1) is 6.92 Å². The van der Waals surface area contributed by atoms with Crippen molar-refractivity contribution in [1.82, 2.24) is 15.1 Å². The summed E-state index contributed by atoms with van der Waals surface area (Å²) >= 11 is 0. The van der Waals surface area contributed by atoms with E-state index in [2.05, 4.69) is 15.6 Å². The fraction of sp³-hybridized carbons (Fsp3) is 0.643. The van der Waals surface area contributed by atoms with E-state index < -0.39 is 11.6 Å². The zero-order valence-corrected chi connectivity index (χ0v) is 12.9. The van der Waals surface area contributed by atoms with Gasteiger partial charge in [-0.1, -0.05) is 5.16 Å². The lowest BCUT2D eigenvalue weighted by atomic mass is 10.0. The van der Waals surface area contributed by atoms with Gasteiger partial charge >= 0.3 is 0 Å². The summed E-state index contributed by atoms with van der Waals surface area (Å²) in [6, 6.07) is 0. The van der Waals surface area contributed by atoms with Crippen LogP contribution in [0.1, 0.15) is 38.4 Å². The highest BCUT2D eigenvalue weighted by Crippen LogP contribution is 2.19. The minimum atomic E-state index is -0.674. The molecule has 1 aromatic rings. The van der Waals surface area contributed by atoms with Crippen molar-refractivity contribution in [2.24, 2.45) is 5.16 Å². The summed E-state index contributed by atoms with van der Waals surface area (Å²) in [4.78, 5) is 17.3. The Morgan fingerprint density at radius 2 is 2.33 bits per heavy atom. The van der Waals surface area contributed by atoms with Gasteiger partial charge in [0.25, 0.3) is 5.91 Å². The molecule has 1 amide bonds. The Hall–Kier alpha value is -1.89. The van der Waals surface area contributed by atoms with Crippen molar-refractivity contribution in [2.75, 3.05) is 6.61 Å². The summed E-state index contributed by atoms with van der Waals surface area (Å²) in [5.74, 6) is -0.270. The molecule has 0 spiro atoms. The average Bonchev–Trinajstić information content (AvgIpc) is 3.04. The Bertz CT molecular complexity index is 563. The maximum atomic E-state index is 12.1. The molecule has 0 bridgehead atoms. The second-order valence-electron chi connectivity index (χ2n) is 5.85. The van der Waals surface area contributed by atoms with Crippen molar-refractivity contribution in [3.8, 4) is 0 Å². The van der Waals surface area contributed by atoms with Gasteiger partial charge in [-0.25, -0.2) is 0 Å². The van der Waals surface area contributed by atoms with Crippen molar-refractivity contribution >= 4 is 11.6 Å². The summed E-state index contributed by atoms with van der Waals surface area (Å²) in [6.45, 7) is 8.06. The van der Waals surface area contributed by atoms with Gasteiger partial charge in [0, 0.05) is 24.7 Å². The van der Waals surface area contributed by atoms with E-state index in [1.54, 1.807) is 13.8 Å². The van der Waals surface area contributed by atoms with Crippen LogP contribution >= 0.6 is 0 Å². The third-order valence-electron chi connectivity index (χ3n) is 3.40. The summed E-state index contributed by atoms with van der Waals surface area (Å²) in [7, 11) is 0. The number of hydrogen-bond donors (Lipinski definition) is 2. The van der Waals surface area contributed by atoms with Gasteiger partial charge in [-0.15, -0.1) is 0 Å². The molecule has 1 atom stereocenters. The Kier molecular flexibility index (Phi) is 4.32. The molecular formula is C14H22N4O3. The van der Waals surface area contributed by atoms with E-state index in [1.165, 1.54) is 0 Å². The van der Waals surface area contributed by atoms with E-state index in [4.69, 9.17) is 4.84 Å². The SMILES string of the molecule is CCn1cc(C2=NOC(C(=O)NC(C)(C)CO)C2)c(C)n1. The standard InChI is InChI=1S/C14H22N4O3/c1-5-18-7-10(9(2)16-18)11-6-12(21-17-11)13(20)15-14(3,4)8-19/h7,12,19H,5-6,8H2,1-4H3,(H,15,20). The number of aliphatic hydroxyl groups excluding tert-OH is 1. The Morgan fingerprint density at radius 3 is 2.90 bits per heavy atom. The first-order chi connectivity index (χ1) is 9.86. The molecule has 2 rings (SSSR count). The lowest BCUT2D eigenvalue weighted by molar-refractivity contribution is -0.133. The summed E-state index contributed by atoms with van der Waals surface area (Å²) in [6.07, 6.45) is 1.66. The molecule has 1 aromatic heterocycles. The number of aliphatic hydroxyl groups is 1. The maximum absolute atomic E-state index is 12.1. The second kappa shape index (κ2) is 5.85. The third kappa shape index (κ3) is 3.41. The zero-order chi connectivity index (χ0) is 15.6. The molecule has 0 saturated carbocycles. The molecule has 2 heterocycles. The van der Waals surface area contributed by atoms with Gasteiger partial charge in [0.2, 0.25) is 6.10 Å². The Labute approximate surface area is 124 Å². The molecule has 1 aliphatic heterocycles. The highest BCUT2D eigenvalue weighted by atomic mass is 16.6. The molecule has 0 fully saturated rings. The van der Waals surface area contributed by atoms with Crippen molar-refractivity contribution < 1.29 is 14.7 Å². The Balaban J connectivity index is 2.02. The normalized spacial score (nSPS) is 18.3. The van der Waals surface area contributed by atoms with Crippen LogP contribution in [0.4, 0.5) is 0 Å². The molecule has 21 heavy (non-hydrogen) atoms. The predicted octanol–water partition coefficient (Wildman–Crippen LogP) is 0.592. The van der Waals surface area contributed by atoms with Gasteiger partial charge in [-0.05, 0) is 27.7 Å². The number of hydrogen-bond acceptors (Lipinski definition) is 5. The topological polar surface area (TPSA) is 88.7 Å². The molecule has 2 N–H and O–H groups in total. The molecule has 7 nitrogen and oxygen atoms in total. The zero-order valence-electron chi connectivity index (χ0n) is 12.9. The summed E-state index contributed by atoms with van der Waals surface area (Å²) in [5, 5.41) is 20.3. The lowest BCUT2D eigenvalue weighted by Crippen LogP contribution is -2.50. The molecule has 0 radical (unpaired) electrons. The van der Waals surface area contributed by atoms with Crippen LogP contribution in [0.2, 0.25) is 0 Å². The van der Waals surface area contributed by atoms with Crippen LogP contribution in [0.25, 0.3) is 0 Å². The average molecular weight is 294 g/mol. The highest BCUT2D eigenvalue weighted by molar-refractivity contribution is 6.04. The molecule has 0 aromatic carbocycles. The fourth-order valence-electron chi connectivity index (χ4n) is 2.09. The van der Waals surface area contributed by atoms with Gasteiger partial charge in [0.15, 0.2) is 0 Å². The van der Waals surface area contributed by atoms with Gasteiger partial charge in [-0.3, -0.25) is 9.48 Å². The third-order valence-corrected chi connectivity index (χ3v) is 3.40. The number of amides is 1. The van der Waals surface area contributed by atoms with Gasteiger partial charge in [0.1, 0.15) is 0 Å². The number of nitrogens with zero attached hydrogens (tertiary/aromatic N) is 3. The van der Waals surface area contributed by atoms with Gasteiger partial charge in [0.05, 0.1) is 23.6 Å². The van der Waals surface area contributed by atoms with E-state index in [1.807, 2.05) is 24.7 Å². The minimum Gasteiger partial charge on any atom is -0.394 e. The molecule has 116 valence electrons. The summed E-state index contributed by atoms with van der Waals surface area (Å²) in [5.41, 5.74) is 1.84. The van der Waals surface area contributed by atoms with Crippen molar-refractivity contribution in [3.05, 3.63) is 17.5 Å². The van der Waals surface area contributed by atoms with Crippen molar-refractivity contribution in [1.29, 1.82) is 0 Å². The van der Waals surface area contributed by atoms with Crippen LogP contribution in [0.15, 0.2) is 11.4 Å². The quantitative estimate of drug-likeness (QED) is 0.832. The number of carbonyl (C=O) groups is 1. The molecule has 0 aliphatic carbocycles. The smallest absolute Gasteiger partial charge is 0.264 e. The van der Waals surface area contributed by atoms with E-state index in [-0.39, 0.29) is 12.5 Å². The van der Waals surface area contributed by atoms with Gasteiger partial charge < -0.3 is 15.3 Å². The van der Waals surface area contributed by atoms with Crippen LogP contribution < -0.4 is 5.32 Å². The number of nitrogens with one attached hydrogen (secondary N) is 1. The van der Waals surface area contributed by atoms with E-state index >= 15 is 0 Å². The van der Waals surface area contributed by atoms with Crippen LogP contribution in [-0.4, -0.2) is 44.8 Å². The lowest BCUT2D eigenvalue weighted by Gasteiger charge is -2.24. The number of oxime groups is 1. The number of aromatic nitrogens is 2. The largest absolute Gasteiger partial charge is 0.394 e. The fourth-order valence-corrected chi connectivity index (χ4v) is 2.09. The van der Waals surface area contributed by atoms with Crippen molar-refractivity contribution in [2.45, 2.75) is 52.3 Å². The van der Waals surface area contributed by atoms with Crippen LogP contribution in [0.3, 0.4) is 0 Å². The Morgan fingerprint density at radius 1 is 1.62 bits per heavy atom. The first-order valence-electron chi connectivity index (χ1n) is 7.06. The predicted molar refractivity (Wildman–Crippen MR) is 78.0 cm³/mol. The van der Waals surface area contributed by atoms with E-state index in [0.29, 0.717) is 6.42 Å². The maximum Gasteiger partial charge on any atom is 0.264 e. The molecule has 7 heteroatoms. The molecule has 1 unspecified atom stereocenters. The van der Waals surface area contributed by atoms with Crippen molar-refractivity contribution in [3.63, 3.8) is 0 Å². The molecule has 0 saturated heterocycles. The highest BCUT2D eigenvalue weighted by Gasteiger charge is 2.33. The number of rotatable bonds is 5. The minimum absolute atomic E-state index is 0.137. The molecule has 1 aliphatic rings. The second-order valence-corrected chi connectivity index (χ2v) is 5.85. The van der Waals surface area contributed by atoms with E-state index in [9.17, 15) is 9.90 Å². The first-order valence-corrected chi connectivity index (χ1v) is 7.06. The monoisotopic (exact) mass is 294 g/mol. The van der Waals surface area contributed by atoms with Crippen LogP contribution in [0.5, 0.6) is 0 Å². The van der Waals surface area contributed by atoms with Crippen LogP contribution in [-0.2, 0) is 16.2 Å². The number of aryl methyl sites for hydroxylation is 2. The number of carbonyl (C=O) groups excluding carboxylic acids is 1. The first kappa shape index (κ1) is 15.5. The summed E-state index contributed by atoms with van der Waals surface area (Å²) < 4.78 is 1.83. The van der Waals surface area contributed by atoms with E-state index in [0.717, 1.165) is 23.5 Å². The molecular weight excluding hydrogens is 272 g/mol. The van der Waals surface area contributed by atoms with Gasteiger partial charge in [-0.2, -0.15) is 5.10 Å².